The maximum Gasteiger partial charge on any atom is 0.0874 e. The summed E-state index contributed by atoms with van der Waals surface area (Å²) >= 11 is 0. The lowest BCUT2D eigenvalue weighted by atomic mass is 9.82. The SMILES string of the molecule is OC=CC1CCC(C=COCCCCO)CC1. The van der Waals surface area contributed by atoms with E-state index >= 15 is 0 Å². The molecule has 98 valence electrons. The van der Waals surface area contributed by atoms with Crippen LogP contribution in [0.3, 0.4) is 0 Å². The van der Waals surface area contributed by atoms with Gasteiger partial charge in [0, 0.05) is 6.61 Å². The third-order valence-corrected chi connectivity index (χ3v) is 3.29. The predicted octanol–water partition coefficient (Wildman–Crippen LogP) is 3.17. The smallest absolute Gasteiger partial charge is 0.0874 e. The minimum atomic E-state index is 0.245. The number of aliphatic hydroxyl groups excluding tert-OH is 2. The van der Waals surface area contributed by atoms with Gasteiger partial charge < -0.3 is 14.9 Å². The molecule has 0 unspecified atom stereocenters. The van der Waals surface area contributed by atoms with E-state index in [9.17, 15) is 0 Å². The fourth-order valence-electron chi connectivity index (χ4n) is 2.18. The average molecular weight is 240 g/mol. The second-order valence-corrected chi connectivity index (χ2v) is 4.65. The summed E-state index contributed by atoms with van der Waals surface area (Å²) in [5.74, 6) is 1.17. The molecule has 0 atom stereocenters. The molecule has 0 saturated heterocycles. The van der Waals surface area contributed by atoms with Crippen LogP contribution in [0.4, 0.5) is 0 Å². The maximum absolute atomic E-state index is 8.70. The molecule has 2 N–H and O–H groups in total. The number of hydrogen-bond acceptors (Lipinski definition) is 3. The maximum atomic E-state index is 8.70. The molecule has 0 radical (unpaired) electrons. The van der Waals surface area contributed by atoms with E-state index in [2.05, 4.69) is 6.08 Å². The van der Waals surface area contributed by atoms with Gasteiger partial charge in [-0.1, -0.05) is 0 Å². The first-order chi connectivity index (χ1) is 8.36. The van der Waals surface area contributed by atoms with Gasteiger partial charge in [0.2, 0.25) is 0 Å². The summed E-state index contributed by atoms with van der Waals surface area (Å²) in [4.78, 5) is 0. The number of unbranched alkanes of at least 4 members (excludes halogenated alkanes) is 1. The molecule has 0 aromatic heterocycles. The first-order valence-corrected chi connectivity index (χ1v) is 6.57. The molecule has 0 aliphatic heterocycles. The van der Waals surface area contributed by atoms with E-state index in [-0.39, 0.29) is 6.61 Å². The predicted molar refractivity (Wildman–Crippen MR) is 68.6 cm³/mol. The van der Waals surface area contributed by atoms with Crippen LogP contribution in [0.2, 0.25) is 0 Å². The van der Waals surface area contributed by atoms with Crippen molar-refractivity contribution in [3.8, 4) is 0 Å². The molecule has 1 rings (SSSR count). The molecule has 1 fully saturated rings. The third-order valence-electron chi connectivity index (χ3n) is 3.29. The molecule has 0 amide bonds. The summed E-state index contributed by atoms with van der Waals surface area (Å²) in [5.41, 5.74) is 0. The van der Waals surface area contributed by atoms with E-state index in [0.717, 1.165) is 25.7 Å². The van der Waals surface area contributed by atoms with Crippen molar-refractivity contribution in [2.24, 2.45) is 11.8 Å². The molecule has 0 aromatic rings. The zero-order chi connectivity index (χ0) is 12.3. The van der Waals surface area contributed by atoms with Crippen molar-refractivity contribution in [2.45, 2.75) is 38.5 Å². The monoisotopic (exact) mass is 240 g/mol. The van der Waals surface area contributed by atoms with Gasteiger partial charge in [0.05, 0.1) is 19.1 Å². The Balaban J connectivity index is 2.06. The minimum Gasteiger partial charge on any atom is -0.516 e. The van der Waals surface area contributed by atoms with E-state index in [0.29, 0.717) is 18.4 Å². The van der Waals surface area contributed by atoms with Crippen molar-refractivity contribution < 1.29 is 14.9 Å². The zero-order valence-electron chi connectivity index (χ0n) is 10.4. The Labute approximate surface area is 104 Å². The van der Waals surface area contributed by atoms with Gasteiger partial charge in [0.1, 0.15) is 0 Å². The molecule has 1 aliphatic carbocycles. The Morgan fingerprint density at radius 3 is 2.24 bits per heavy atom. The number of allylic oxidation sites excluding steroid dienone is 2. The zero-order valence-corrected chi connectivity index (χ0v) is 10.4. The minimum absolute atomic E-state index is 0.245. The summed E-state index contributed by atoms with van der Waals surface area (Å²) in [6.45, 7) is 0.940. The third kappa shape index (κ3) is 6.37. The summed E-state index contributed by atoms with van der Waals surface area (Å²) in [5, 5.41) is 17.3. The summed E-state index contributed by atoms with van der Waals surface area (Å²) < 4.78 is 5.37. The van der Waals surface area contributed by atoms with Gasteiger partial charge in [-0.15, -0.1) is 0 Å². The number of hydrogen-bond donors (Lipinski definition) is 2. The van der Waals surface area contributed by atoms with E-state index in [1.54, 1.807) is 0 Å². The Hall–Kier alpha value is -0.960. The van der Waals surface area contributed by atoms with Gasteiger partial charge >= 0.3 is 0 Å². The molecule has 3 nitrogen and oxygen atoms in total. The standard InChI is InChI=1S/C14H24O3/c15-9-1-2-11-17-12-8-14-5-3-13(4-6-14)7-10-16/h7-8,10,12-16H,1-6,9,11H2. The molecule has 0 heterocycles. The van der Waals surface area contributed by atoms with Gasteiger partial charge in [0.25, 0.3) is 0 Å². The first-order valence-electron chi connectivity index (χ1n) is 6.57. The Bertz CT molecular complexity index is 228. The van der Waals surface area contributed by atoms with Crippen molar-refractivity contribution in [3.05, 3.63) is 24.7 Å². The molecule has 17 heavy (non-hydrogen) atoms. The van der Waals surface area contributed by atoms with Gasteiger partial charge in [-0.2, -0.15) is 0 Å². The fraction of sp³-hybridized carbons (Fsp3) is 0.714. The van der Waals surface area contributed by atoms with Crippen LogP contribution in [0.1, 0.15) is 38.5 Å². The molecule has 3 heteroatoms. The van der Waals surface area contributed by atoms with Crippen LogP contribution in [0.15, 0.2) is 24.7 Å². The lowest BCUT2D eigenvalue weighted by molar-refractivity contribution is 0.216. The Kier molecular flexibility index (Phi) is 7.56. The lowest BCUT2D eigenvalue weighted by Crippen LogP contribution is -2.11. The molecular weight excluding hydrogens is 216 g/mol. The first kappa shape index (κ1) is 14.1. The average Bonchev–Trinajstić information content (AvgIpc) is 2.36. The Morgan fingerprint density at radius 1 is 1.00 bits per heavy atom. The normalized spacial score (nSPS) is 25.7. The van der Waals surface area contributed by atoms with Crippen LogP contribution >= 0.6 is 0 Å². The Morgan fingerprint density at radius 2 is 1.65 bits per heavy atom. The summed E-state index contributed by atoms with van der Waals surface area (Å²) in [6.07, 6.45) is 13.4. The highest BCUT2D eigenvalue weighted by molar-refractivity contribution is 4.92. The van der Waals surface area contributed by atoms with Crippen LogP contribution in [0.5, 0.6) is 0 Å². The van der Waals surface area contributed by atoms with Gasteiger partial charge in [-0.3, -0.25) is 0 Å². The highest BCUT2D eigenvalue weighted by Gasteiger charge is 2.17. The van der Waals surface area contributed by atoms with Crippen LogP contribution in [-0.4, -0.2) is 23.4 Å². The topological polar surface area (TPSA) is 49.7 Å². The van der Waals surface area contributed by atoms with Gasteiger partial charge in [-0.25, -0.2) is 0 Å². The van der Waals surface area contributed by atoms with Crippen LogP contribution < -0.4 is 0 Å². The molecule has 1 aliphatic rings. The fourth-order valence-corrected chi connectivity index (χ4v) is 2.18. The molecular formula is C14H24O3. The molecule has 0 spiro atoms. The largest absolute Gasteiger partial charge is 0.516 e. The van der Waals surface area contributed by atoms with E-state index in [1.807, 2.05) is 12.3 Å². The summed E-state index contributed by atoms with van der Waals surface area (Å²) in [6, 6.07) is 0. The van der Waals surface area contributed by atoms with Crippen molar-refractivity contribution in [1.82, 2.24) is 0 Å². The van der Waals surface area contributed by atoms with Crippen LogP contribution in [0, 0.1) is 11.8 Å². The highest BCUT2D eigenvalue weighted by Crippen LogP contribution is 2.30. The van der Waals surface area contributed by atoms with Crippen molar-refractivity contribution in [2.75, 3.05) is 13.2 Å². The number of aliphatic hydroxyl groups is 2. The molecule has 0 bridgehead atoms. The lowest BCUT2D eigenvalue weighted by Gasteiger charge is -2.23. The van der Waals surface area contributed by atoms with Crippen LogP contribution in [0.25, 0.3) is 0 Å². The van der Waals surface area contributed by atoms with E-state index in [1.165, 1.54) is 19.1 Å². The number of ether oxygens (including phenoxy) is 1. The van der Waals surface area contributed by atoms with Crippen molar-refractivity contribution in [1.29, 1.82) is 0 Å². The quantitative estimate of drug-likeness (QED) is 0.531. The highest BCUT2D eigenvalue weighted by atomic mass is 16.5. The van der Waals surface area contributed by atoms with Crippen molar-refractivity contribution >= 4 is 0 Å². The van der Waals surface area contributed by atoms with Crippen molar-refractivity contribution in [3.63, 3.8) is 0 Å². The van der Waals surface area contributed by atoms with Crippen LogP contribution in [-0.2, 0) is 4.74 Å². The van der Waals surface area contributed by atoms with Gasteiger partial charge in [-0.05, 0) is 62.5 Å². The second-order valence-electron chi connectivity index (χ2n) is 4.65. The summed E-state index contributed by atoms with van der Waals surface area (Å²) in [7, 11) is 0. The van der Waals surface area contributed by atoms with Gasteiger partial charge in [0.15, 0.2) is 0 Å². The molecule has 0 aromatic carbocycles. The van der Waals surface area contributed by atoms with E-state index < -0.39 is 0 Å². The number of rotatable bonds is 7. The molecule has 1 saturated carbocycles. The second kappa shape index (κ2) is 9.11. The van der Waals surface area contributed by atoms with E-state index in [4.69, 9.17) is 14.9 Å².